The Morgan fingerprint density at radius 2 is 1.85 bits per heavy atom. The fourth-order valence-electron chi connectivity index (χ4n) is 3.84. The van der Waals surface area contributed by atoms with E-state index in [0.29, 0.717) is 17.0 Å². The Labute approximate surface area is 173 Å². The zero-order valence-corrected chi connectivity index (χ0v) is 19.0. The van der Waals surface area contributed by atoms with Gasteiger partial charge in [0.25, 0.3) is 5.91 Å². The van der Waals surface area contributed by atoms with Crippen LogP contribution in [0.5, 0.6) is 5.75 Å². The lowest BCUT2D eigenvalue weighted by Crippen LogP contribution is -2.39. The molecule has 1 aromatic rings. The summed E-state index contributed by atoms with van der Waals surface area (Å²) in [5, 5.41) is 3.22. The number of nitrogens with one attached hydrogen (secondary N) is 1. The van der Waals surface area contributed by atoms with Crippen LogP contribution in [-0.4, -0.2) is 18.6 Å². The molecule has 0 aromatic heterocycles. The molecule has 1 saturated carbocycles. The van der Waals surface area contributed by atoms with Gasteiger partial charge in [-0.05, 0) is 77.6 Å². The second-order valence-electron chi connectivity index (χ2n) is 8.94. The highest BCUT2D eigenvalue weighted by Gasteiger charge is 2.30. The average Bonchev–Trinajstić information content (AvgIpc) is 2.62. The van der Waals surface area contributed by atoms with Crippen LogP contribution in [0.25, 0.3) is 0 Å². The van der Waals surface area contributed by atoms with E-state index in [9.17, 15) is 4.79 Å². The van der Waals surface area contributed by atoms with E-state index in [2.05, 4.69) is 48.9 Å². The summed E-state index contributed by atoms with van der Waals surface area (Å²) >= 11 is 3.55. The van der Waals surface area contributed by atoms with Gasteiger partial charge in [-0.1, -0.05) is 47.0 Å². The summed E-state index contributed by atoms with van der Waals surface area (Å²) in [5.41, 5.74) is 1.06. The maximum absolute atomic E-state index is 12.6. The van der Waals surface area contributed by atoms with E-state index in [0.717, 1.165) is 42.0 Å². The van der Waals surface area contributed by atoms with Crippen molar-refractivity contribution >= 4 is 21.8 Å². The molecule has 2 rings (SSSR count). The van der Waals surface area contributed by atoms with Gasteiger partial charge in [0.05, 0.1) is 11.1 Å². The van der Waals surface area contributed by atoms with Gasteiger partial charge in [-0.25, -0.2) is 0 Å². The van der Waals surface area contributed by atoms with Crippen LogP contribution < -0.4 is 10.1 Å². The van der Waals surface area contributed by atoms with Crippen LogP contribution in [0.3, 0.4) is 0 Å². The van der Waals surface area contributed by atoms with Crippen molar-refractivity contribution in [2.75, 3.05) is 6.61 Å². The minimum atomic E-state index is 0.0180. The second kappa shape index (κ2) is 10.5. The standard InChI is InChI=1S/C23H36BrNO2/c1-5-6-7-8-15-27-21-14-9-17(16-20(21)24)22(26)25-19-12-10-18(11-13-19)23(2,3)4/h9,14,16,18-19H,5-8,10-13,15H2,1-4H3,(H,25,26). The van der Waals surface area contributed by atoms with Crippen molar-refractivity contribution in [3.05, 3.63) is 28.2 Å². The second-order valence-corrected chi connectivity index (χ2v) is 9.80. The van der Waals surface area contributed by atoms with Gasteiger partial charge in [0.1, 0.15) is 5.75 Å². The first-order chi connectivity index (χ1) is 12.8. The quantitative estimate of drug-likeness (QED) is 0.456. The van der Waals surface area contributed by atoms with Gasteiger partial charge in [-0.2, -0.15) is 0 Å². The molecule has 4 heteroatoms. The van der Waals surface area contributed by atoms with Crippen LogP contribution in [0, 0.1) is 11.3 Å². The van der Waals surface area contributed by atoms with Crippen LogP contribution >= 0.6 is 15.9 Å². The number of hydrogen-bond acceptors (Lipinski definition) is 2. The van der Waals surface area contributed by atoms with Gasteiger partial charge in [-0.3, -0.25) is 4.79 Å². The molecule has 0 bridgehead atoms. The van der Waals surface area contributed by atoms with Crippen molar-refractivity contribution in [1.82, 2.24) is 5.32 Å². The predicted molar refractivity (Wildman–Crippen MR) is 116 cm³/mol. The number of amides is 1. The molecule has 1 N–H and O–H groups in total. The Morgan fingerprint density at radius 1 is 1.15 bits per heavy atom. The number of halogens is 1. The van der Waals surface area contributed by atoms with Gasteiger partial charge < -0.3 is 10.1 Å². The lowest BCUT2D eigenvalue weighted by molar-refractivity contribution is 0.0904. The molecule has 152 valence electrons. The van der Waals surface area contributed by atoms with Gasteiger partial charge in [0, 0.05) is 11.6 Å². The number of unbranched alkanes of at least 4 members (excludes halogenated alkanes) is 3. The SMILES string of the molecule is CCCCCCOc1ccc(C(=O)NC2CCC(C(C)(C)C)CC2)cc1Br. The summed E-state index contributed by atoms with van der Waals surface area (Å²) in [4.78, 5) is 12.6. The molecule has 0 heterocycles. The third-order valence-electron chi connectivity index (χ3n) is 5.74. The van der Waals surface area contributed by atoms with Crippen molar-refractivity contribution in [3.8, 4) is 5.75 Å². The van der Waals surface area contributed by atoms with E-state index in [4.69, 9.17) is 4.74 Å². The van der Waals surface area contributed by atoms with Crippen LogP contribution in [0.2, 0.25) is 0 Å². The Morgan fingerprint density at radius 3 is 2.44 bits per heavy atom. The molecule has 1 amide bonds. The minimum Gasteiger partial charge on any atom is -0.492 e. The molecule has 0 aliphatic heterocycles. The number of carbonyl (C=O) groups excluding carboxylic acids is 1. The zero-order chi connectivity index (χ0) is 19.9. The van der Waals surface area contributed by atoms with Gasteiger partial charge >= 0.3 is 0 Å². The van der Waals surface area contributed by atoms with Gasteiger partial charge in [0.15, 0.2) is 0 Å². The van der Waals surface area contributed by atoms with Crippen LogP contribution in [0.1, 0.15) is 89.4 Å². The maximum atomic E-state index is 12.6. The molecule has 3 nitrogen and oxygen atoms in total. The van der Waals surface area contributed by atoms with E-state index in [1.54, 1.807) is 0 Å². The first kappa shape index (κ1) is 22.3. The van der Waals surface area contributed by atoms with Crippen molar-refractivity contribution in [3.63, 3.8) is 0 Å². The van der Waals surface area contributed by atoms with E-state index in [1.807, 2.05) is 18.2 Å². The molecule has 0 radical (unpaired) electrons. The highest BCUT2D eigenvalue weighted by Crippen LogP contribution is 2.37. The van der Waals surface area contributed by atoms with Crippen LogP contribution in [0.4, 0.5) is 0 Å². The number of ether oxygens (including phenoxy) is 1. The number of hydrogen-bond donors (Lipinski definition) is 1. The summed E-state index contributed by atoms with van der Waals surface area (Å²) in [6.07, 6.45) is 9.30. The van der Waals surface area contributed by atoms with E-state index >= 15 is 0 Å². The van der Waals surface area contributed by atoms with Crippen molar-refractivity contribution < 1.29 is 9.53 Å². The molecule has 1 fully saturated rings. The Balaban J connectivity index is 1.82. The normalized spacial score (nSPS) is 20.3. The van der Waals surface area contributed by atoms with E-state index < -0.39 is 0 Å². The smallest absolute Gasteiger partial charge is 0.251 e. The Hall–Kier alpha value is -1.03. The molecular weight excluding hydrogens is 402 g/mol. The highest BCUT2D eigenvalue weighted by molar-refractivity contribution is 9.10. The molecule has 1 aromatic carbocycles. The summed E-state index contributed by atoms with van der Waals surface area (Å²) in [6, 6.07) is 5.93. The van der Waals surface area contributed by atoms with Crippen LogP contribution in [-0.2, 0) is 0 Å². The fraction of sp³-hybridized carbons (Fsp3) is 0.696. The largest absolute Gasteiger partial charge is 0.492 e. The maximum Gasteiger partial charge on any atom is 0.251 e. The summed E-state index contributed by atoms with van der Waals surface area (Å²) in [6.45, 7) is 9.89. The zero-order valence-electron chi connectivity index (χ0n) is 17.4. The topological polar surface area (TPSA) is 38.3 Å². The number of carbonyl (C=O) groups is 1. The predicted octanol–water partition coefficient (Wildman–Crippen LogP) is 6.74. The summed E-state index contributed by atoms with van der Waals surface area (Å²) in [7, 11) is 0. The molecule has 1 aliphatic carbocycles. The summed E-state index contributed by atoms with van der Waals surface area (Å²) in [5.74, 6) is 1.59. The average molecular weight is 438 g/mol. The molecule has 0 spiro atoms. The van der Waals surface area contributed by atoms with Gasteiger partial charge in [0.2, 0.25) is 0 Å². The lowest BCUT2D eigenvalue weighted by Gasteiger charge is -2.37. The minimum absolute atomic E-state index is 0.0180. The van der Waals surface area contributed by atoms with Crippen molar-refractivity contribution in [1.29, 1.82) is 0 Å². The Kier molecular flexibility index (Phi) is 8.65. The molecule has 1 aliphatic rings. The first-order valence-corrected chi connectivity index (χ1v) is 11.3. The van der Waals surface area contributed by atoms with Gasteiger partial charge in [-0.15, -0.1) is 0 Å². The number of rotatable bonds is 8. The molecule has 0 saturated heterocycles. The van der Waals surface area contributed by atoms with Crippen molar-refractivity contribution in [2.45, 2.75) is 85.1 Å². The fourth-order valence-corrected chi connectivity index (χ4v) is 4.34. The van der Waals surface area contributed by atoms with Crippen LogP contribution in [0.15, 0.2) is 22.7 Å². The third-order valence-corrected chi connectivity index (χ3v) is 6.36. The van der Waals surface area contributed by atoms with E-state index in [1.165, 1.54) is 32.1 Å². The molecule has 0 atom stereocenters. The lowest BCUT2D eigenvalue weighted by atomic mass is 9.71. The molecule has 27 heavy (non-hydrogen) atoms. The monoisotopic (exact) mass is 437 g/mol. The Bertz CT molecular complexity index is 601. The van der Waals surface area contributed by atoms with Crippen molar-refractivity contribution in [2.24, 2.45) is 11.3 Å². The molecule has 0 unspecified atom stereocenters. The summed E-state index contributed by atoms with van der Waals surface area (Å²) < 4.78 is 6.68. The third kappa shape index (κ3) is 7.14. The number of benzene rings is 1. The first-order valence-electron chi connectivity index (χ1n) is 10.5. The molecular formula is C23H36BrNO2. The highest BCUT2D eigenvalue weighted by atomic mass is 79.9. The van der Waals surface area contributed by atoms with E-state index in [-0.39, 0.29) is 5.91 Å².